The number of fused-ring (bicyclic) bond motifs is 1. The number of nitrogens with two attached hydrogens (primary N) is 1. The van der Waals surface area contributed by atoms with E-state index in [0.717, 1.165) is 5.56 Å². The predicted octanol–water partition coefficient (Wildman–Crippen LogP) is 2.44. The first-order valence-electron chi connectivity index (χ1n) is 6.93. The predicted molar refractivity (Wildman–Crippen MR) is 83.1 cm³/mol. The molecule has 130 valence electrons. The van der Waals surface area contributed by atoms with Crippen molar-refractivity contribution < 1.29 is 27.9 Å². The van der Waals surface area contributed by atoms with Gasteiger partial charge in [-0.1, -0.05) is 42.5 Å². The molecular formula is C16H17F3N2O3. The molecular weight excluding hydrogens is 325 g/mol. The van der Waals surface area contributed by atoms with Crippen LogP contribution in [-0.2, 0) is 16.1 Å². The Kier molecular flexibility index (Phi) is 6.72. The number of rotatable bonds is 3. The molecule has 0 saturated heterocycles. The van der Waals surface area contributed by atoms with Gasteiger partial charge in [-0.15, -0.1) is 0 Å². The summed E-state index contributed by atoms with van der Waals surface area (Å²) in [6.07, 6.45) is -5.08. The van der Waals surface area contributed by atoms with Gasteiger partial charge in [0.2, 0.25) is 5.91 Å². The van der Waals surface area contributed by atoms with Crippen LogP contribution in [0.1, 0.15) is 12.5 Å². The molecule has 4 N–H and O–H groups in total. The summed E-state index contributed by atoms with van der Waals surface area (Å²) in [5.41, 5.74) is 6.61. The molecule has 0 saturated carbocycles. The Bertz CT molecular complexity index is 710. The van der Waals surface area contributed by atoms with Crippen molar-refractivity contribution in [3.8, 4) is 0 Å². The van der Waals surface area contributed by atoms with Crippen molar-refractivity contribution in [2.45, 2.75) is 25.7 Å². The van der Waals surface area contributed by atoms with Gasteiger partial charge in [0.15, 0.2) is 0 Å². The Labute approximate surface area is 136 Å². The van der Waals surface area contributed by atoms with Gasteiger partial charge in [0.1, 0.15) is 0 Å². The monoisotopic (exact) mass is 342 g/mol. The van der Waals surface area contributed by atoms with Crippen LogP contribution in [0, 0.1) is 0 Å². The van der Waals surface area contributed by atoms with Gasteiger partial charge < -0.3 is 16.2 Å². The standard InChI is InChI=1S/C14H16N2O.C2HF3O2/c1-10(15)14(17)16-9-12-7-4-6-11-5-2-3-8-13(11)12;3-2(4,5)1(6)7/h2-8,10H,9,15H2,1H3,(H,16,17);(H,6,7)/t10-;/m0./s1. The largest absolute Gasteiger partial charge is 0.490 e. The number of carboxylic acids is 1. The number of halogens is 3. The number of carboxylic acid groups (broad SMARTS) is 1. The molecule has 0 bridgehead atoms. The number of alkyl halides is 3. The van der Waals surface area contributed by atoms with Crippen LogP contribution in [-0.4, -0.2) is 29.2 Å². The second-order valence-electron chi connectivity index (χ2n) is 4.95. The lowest BCUT2D eigenvalue weighted by molar-refractivity contribution is -0.192. The van der Waals surface area contributed by atoms with Crippen LogP contribution in [0.4, 0.5) is 13.2 Å². The van der Waals surface area contributed by atoms with Gasteiger partial charge in [-0.2, -0.15) is 13.2 Å². The molecule has 0 aromatic heterocycles. The molecule has 0 heterocycles. The smallest absolute Gasteiger partial charge is 0.475 e. The molecule has 1 amide bonds. The molecule has 0 fully saturated rings. The summed E-state index contributed by atoms with van der Waals surface area (Å²) in [5.74, 6) is -2.88. The van der Waals surface area contributed by atoms with Crippen LogP contribution in [0.15, 0.2) is 42.5 Å². The molecule has 2 aromatic rings. The fourth-order valence-corrected chi connectivity index (χ4v) is 1.79. The van der Waals surface area contributed by atoms with Crippen LogP contribution in [0.5, 0.6) is 0 Å². The van der Waals surface area contributed by atoms with Crippen molar-refractivity contribution in [2.24, 2.45) is 5.73 Å². The number of carbonyl (C=O) groups excluding carboxylic acids is 1. The van der Waals surface area contributed by atoms with Crippen molar-refractivity contribution in [3.63, 3.8) is 0 Å². The van der Waals surface area contributed by atoms with Crippen LogP contribution >= 0.6 is 0 Å². The molecule has 0 aliphatic carbocycles. The second-order valence-corrected chi connectivity index (χ2v) is 4.95. The van der Waals surface area contributed by atoms with Crippen molar-refractivity contribution in [3.05, 3.63) is 48.0 Å². The molecule has 8 heteroatoms. The maximum absolute atomic E-state index is 11.4. The zero-order chi connectivity index (χ0) is 18.3. The molecule has 2 rings (SSSR count). The normalized spacial score (nSPS) is 12.0. The molecule has 1 atom stereocenters. The van der Waals surface area contributed by atoms with E-state index < -0.39 is 18.2 Å². The number of hydrogen-bond donors (Lipinski definition) is 3. The molecule has 0 aliphatic heterocycles. The van der Waals surface area contributed by atoms with Crippen molar-refractivity contribution >= 4 is 22.6 Å². The minimum Gasteiger partial charge on any atom is -0.475 e. The average molecular weight is 342 g/mol. The van der Waals surface area contributed by atoms with E-state index >= 15 is 0 Å². The summed E-state index contributed by atoms with van der Waals surface area (Å²) in [7, 11) is 0. The summed E-state index contributed by atoms with van der Waals surface area (Å²) in [6.45, 7) is 2.19. The van der Waals surface area contributed by atoms with Crippen LogP contribution < -0.4 is 11.1 Å². The van der Waals surface area contributed by atoms with E-state index in [1.54, 1.807) is 6.92 Å². The summed E-state index contributed by atoms with van der Waals surface area (Å²) in [6, 6.07) is 13.7. The Morgan fingerprint density at radius 2 is 1.71 bits per heavy atom. The Balaban J connectivity index is 0.000000351. The maximum Gasteiger partial charge on any atom is 0.490 e. The molecule has 0 unspecified atom stereocenters. The number of amides is 1. The van der Waals surface area contributed by atoms with Crippen LogP contribution in [0.3, 0.4) is 0 Å². The third kappa shape index (κ3) is 5.88. The van der Waals surface area contributed by atoms with E-state index in [-0.39, 0.29) is 5.91 Å². The summed E-state index contributed by atoms with van der Waals surface area (Å²) in [4.78, 5) is 20.3. The van der Waals surface area contributed by atoms with Gasteiger partial charge >= 0.3 is 12.1 Å². The third-order valence-electron chi connectivity index (χ3n) is 2.99. The fourth-order valence-electron chi connectivity index (χ4n) is 1.79. The zero-order valence-electron chi connectivity index (χ0n) is 12.8. The zero-order valence-corrected chi connectivity index (χ0v) is 12.8. The molecule has 0 spiro atoms. The highest BCUT2D eigenvalue weighted by molar-refractivity contribution is 5.86. The van der Waals surface area contributed by atoms with E-state index in [4.69, 9.17) is 15.6 Å². The van der Waals surface area contributed by atoms with Gasteiger partial charge in [-0.3, -0.25) is 4.79 Å². The average Bonchev–Trinajstić information content (AvgIpc) is 2.52. The van der Waals surface area contributed by atoms with E-state index in [1.165, 1.54) is 10.8 Å². The van der Waals surface area contributed by atoms with Crippen molar-refractivity contribution in [1.29, 1.82) is 0 Å². The van der Waals surface area contributed by atoms with Crippen LogP contribution in [0.25, 0.3) is 10.8 Å². The first-order valence-corrected chi connectivity index (χ1v) is 6.93. The summed E-state index contributed by atoms with van der Waals surface area (Å²) < 4.78 is 31.7. The lowest BCUT2D eigenvalue weighted by Gasteiger charge is -2.10. The van der Waals surface area contributed by atoms with E-state index in [0.29, 0.717) is 6.54 Å². The summed E-state index contributed by atoms with van der Waals surface area (Å²) >= 11 is 0. The molecule has 24 heavy (non-hydrogen) atoms. The van der Waals surface area contributed by atoms with E-state index in [1.807, 2.05) is 24.3 Å². The van der Waals surface area contributed by atoms with Gasteiger partial charge in [0.25, 0.3) is 0 Å². The quantitative estimate of drug-likeness (QED) is 0.799. The SMILES string of the molecule is C[C@H](N)C(=O)NCc1cccc2ccccc12.O=C(O)C(F)(F)F. The highest BCUT2D eigenvalue weighted by atomic mass is 19.4. The minimum absolute atomic E-state index is 0.127. The highest BCUT2D eigenvalue weighted by Gasteiger charge is 2.38. The minimum atomic E-state index is -5.08. The molecule has 2 aromatic carbocycles. The van der Waals surface area contributed by atoms with E-state index in [9.17, 15) is 18.0 Å². The third-order valence-corrected chi connectivity index (χ3v) is 2.99. The number of carbonyl (C=O) groups is 2. The highest BCUT2D eigenvalue weighted by Crippen LogP contribution is 2.18. The second kappa shape index (κ2) is 8.30. The molecule has 0 aliphatic rings. The lowest BCUT2D eigenvalue weighted by Crippen LogP contribution is -2.37. The number of benzene rings is 2. The number of nitrogens with one attached hydrogen (secondary N) is 1. The molecule has 5 nitrogen and oxygen atoms in total. The van der Waals surface area contributed by atoms with Gasteiger partial charge in [-0.25, -0.2) is 4.79 Å². The fraction of sp³-hybridized carbons (Fsp3) is 0.250. The Morgan fingerprint density at radius 3 is 2.25 bits per heavy atom. The number of hydrogen-bond acceptors (Lipinski definition) is 3. The topological polar surface area (TPSA) is 92.4 Å². The Morgan fingerprint density at radius 1 is 1.17 bits per heavy atom. The number of aliphatic carboxylic acids is 1. The summed E-state index contributed by atoms with van der Waals surface area (Å²) in [5, 5.41) is 12.3. The van der Waals surface area contributed by atoms with E-state index in [2.05, 4.69) is 23.5 Å². The first kappa shape index (κ1) is 19.4. The van der Waals surface area contributed by atoms with Crippen LogP contribution in [0.2, 0.25) is 0 Å². The maximum atomic E-state index is 11.4. The van der Waals surface area contributed by atoms with Gasteiger partial charge in [0.05, 0.1) is 6.04 Å². The first-order chi connectivity index (χ1) is 11.1. The van der Waals surface area contributed by atoms with Crippen molar-refractivity contribution in [1.82, 2.24) is 5.32 Å². The lowest BCUT2D eigenvalue weighted by atomic mass is 10.0. The van der Waals surface area contributed by atoms with Gasteiger partial charge in [0, 0.05) is 6.54 Å². The Hall–Kier alpha value is -2.61. The van der Waals surface area contributed by atoms with Crippen molar-refractivity contribution in [2.75, 3.05) is 0 Å². The molecule has 0 radical (unpaired) electrons. The van der Waals surface area contributed by atoms with Gasteiger partial charge in [-0.05, 0) is 23.3 Å².